The van der Waals surface area contributed by atoms with Crippen LogP contribution < -0.4 is 10.6 Å². The fourth-order valence-corrected chi connectivity index (χ4v) is 3.16. The number of hydrogen-bond acceptors (Lipinski definition) is 9. The molecule has 9 nitrogen and oxygen atoms in total. The highest BCUT2D eigenvalue weighted by atomic mass is 127. The van der Waals surface area contributed by atoms with E-state index in [1.807, 2.05) is 12.1 Å². The van der Waals surface area contributed by atoms with Crippen LogP contribution in [0.3, 0.4) is 0 Å². The van der Waals surface area contributed by atoms with Crippen LogP contribution in [0.2, 0.25) is 0 Å². The first kappa shape index (κ1) is 19.7. The molecule has 2 aromatic heterocycles. The van der Waals surface area contributed by atoms with Crippen LogP contribution >= 0.6 is 22.6 Å². The Hall–Kier alpha value is -2.10. The molecule has 0 radical (unpaired) electrons. The van der Waals surface area contributed by atoms with E-state index >= 15 is 0 Å². The molecule has 10 heteroatoms. The van der Waals surface area contributed by atoms with Crippen molar-refractivity contribution < 1.29 is 4.74 Å². The van der Waals surface area contributed by atoms with E-state index in [9.17, 15) is 0 Å². The number of nitrogens with one attached hydrogen (secondary N) is 2. The summed E-state index contributed by atoms with van der Waals surface area (Å²) in [6.45, 7) is 7.74. The molecule has 1 fully saturated rings. The van der Waals surface area contributed by atoms with E-state index in [2.05, 4.69) is 72.1 Å². The molecule has 0 bridgehead atoms. The van der Waals surface area contributed by atoms with Crippen molar-refractivity contribution in [1.29, 1.82) is 5.26 Å². The zero-order valence-electron chi connectivity index (χ0n) is 15.2. The zero-order chi connectivity index (χ0) is 19.2. The molecular formula is C17H21IN8O. The lowest BCUT2D eigenvalue weighted by Crippen LogP contribution is -2.48. The molecule has 1 saturated heterocycles. The number of aromatic nitrogens is 4. The number of halogens is 1. The van der Waals surface area contributed by atoms with E-state index in [0.717, 1.165) is 29.1 Å². The quantitative estimate of drug-likeness (QED) is 0.600. The number of nitriles is 1. The van der Waals surface area contributed by atoms with Crippen LogP contribution in [0.4, 0.5) is 17.3 Å². The molecule has 1 aliphatic rings. The molecule has 0 unspecified atom stereocenters. The third kappa shape index (κ3) is 5.44. The summed E-state index contributed by atoms with van der Waals surface area (Å²) in [6.07, 6.45) is 3.02. The minimum Gasteiger partial charge on any atom is -0.380 e. The molecule has 0 aliphatic carbocycles. The second-order valence-electron chi connectivity index (χ2n) is 6.42. The molecule has 1 aliphatic heterocycles. The van der Waals surface area contributed by atoms with Gasteiger partial charge in [-0.2, -0.15) is 5.26 Å². The number of anilines is 3. The van der Waals surface area contributed by atoms with Gasteiger partial charge in [0.1, 0.15) is 15.6 Å². The molecule has 0 aromatic carbocycles. The Balaban J connectivity index is 1.62. The Morgan fingerprint density at radius 3 is 2.89 bits per heavy atom. The van der Waals surface area contributed by atoms with Crippen molar-refractivity contribution in [3.8, 4) is 6.07 Å². The predicted molar refractivity (Wildman–Crippen MR) is 110 cm³/mol. The van der Waals surface area contributed by atoms with Gasteiger partial charge in [0.25, 0.3) is 0 Å². The van der Waals surface area contributed by atoms with Gasteiger partial charge in [0, 0.05) is 31.7 Å². The Morgan fingerprint density at radius 2 is 2.19 bits per heavy atom. The molecule has 0 saturated carbocycles. The molecule has 1 atom stereocenters. The highest BCUT2D eigenvalue weighted by Gasteiger charge is 2.22. The van der Waals surface area contributed by atoms with Crippen LogP contribution in [0.25, 0.3) is 0 Å². The van der Waals surface area contributed by atoms with Crippen LogP contribution in [-0.4, -0.2) is 63.5 Å². The van der Waals surface area contributed by atoms with E-state index in [-0.39, 0.29) is 11.8 Å². The molecule has 0 spiro atoms. The summed E-state index contributed by atoms with van der Waals surface area (Å²) in [6, 6.07) is 4.33. The average molecular weight is 480 g/mol. The summed E-state index contributed by atoms with van der Waals surface area (Å²) >= 11 is 2.15. The normalized spacial score (nSPS) is 17.5. The van der Waals surface area contributed by atoms with Gasteiger partial charge in [-0.15, -0.1) is 10.2 Å². The van der Waals surface area contributed by atoms with Gasteiger partial charge in [-0.25, -0.2) is 9.97 Å². The number of ether oxygens (including phenoxy) is 1. The number of morpholine rings is 1. The van der Waals surface area contributed by atoms with Crippen LogP contribution in [0.5, 0.6) is 0 Å². The van der Waals surface area contributed by atoms with Gasteiger partial charge < -0.3 is 15.4 Å². The Bertz CT molecular complexity index is 808. The maximum atomic E-state index is 8.78. The van der Waals surface area contributed by atoms with Crippen LogP contribution in [0.15, 0.2) is 18.5 Å². The molecule has 2 aromatic rings. The monoisotopic (exact) mass is 480 g/mol. The van der Waals surface area contributed by atoms with Crippen LogP contribution in [0, 0.1) is 15.0 Å². The summed E-state index contributed by atoms with van der Waals surface area (Å²) in [7, 11) is 0. The predicted octanol–water partition coefficient (Wildman–Crippen LogP) is 2.01. The average Bonchev–Trinajstić information content (AvgIpc) is 2.69. The molecular weight excluding hydrogens is 459 g/mol. The van der Waals surface area contributed by atoms with Crippen molar-refractivity contribution in [2.24, 2.45) is 0 Å². The molecule has 3 heterocycles. The number of hydrogen-bond donors (Lipinski definition) is 2. The first-order valence-corrected chi connectivity index (χ1v) is 9.75. The van der Waals surface area contributed by atoms with E-state index in [0.29, 0.717) is 24.2 Å². The van der Waals surface area contributed by atoms with Crippen molar-refractivity contribution in [3.05, 3.63) is 27.9 Å². The van der Waals surface area contributed by atoms with Gasteiger partial charge in [0.05, 0.1) is 30.8 Å². The lowest BCUT2D eigenvalue weighted by Gasteiger charge is -2.35. The fraction of sp³-hybridized carbons (Fsp3) is 0.471. The Labute approximate surface area is 171 Å². The van der Waals surface area contributed by atoms with Crippen molar-refractivity contribution in [3.63, 3.8) is 0 Å². The van der Waals surface area contributed by atoms with Crippen molar-refractivity contribution in [1.82, 2.24) is 25.1 Å². The second-order valence-corrected chi connectivity index (χ2v) is 7.44. The van der Waals surface area contributed by atoms with Crippen molar-refractivity contribution in [2.75, 3.05) is 36.9 Å². The van der Waals surface area contributed by atoms with E-state index in [4.69, 9.17) is 10.00 Å². The summed E-state index contributed by atoms with van der Waals surface area (Å²) in [4.78, 5) is 10.5. The van der Waals surface area contributed by atoms with Gasteiger partial charge in [-0.05, 0) is 36.4 Å². The van der Waals surface area contributed by atoms with Crippen molar-refractivity contribution in [2.45, 2.75) is 26.0 Å². The Kier molecular flexibility index (Phi) is 6.70. The molecule has 27 heavy (non-hydrogen) atoms. The highest BCUT2D eigenvalue weighted by Crippen LogP contribution is 2.20. The maximum absolute atomic E-state index is 8.78. The lowest BCUT2D eigenvalue weighted by molar-refractivity contribution is -0.0315. The highest BCUT2D eigenvalue weighted by molar-refractivity contribution is 14.1. The Morgan fingerprint density at radius 1 is 1.33 bits per heavy atom. The summed E-state index contributed by atoms with van der Waals surface area (Å²) in [5.41, 5.74) is 1.14. The van der Waals surface area contributed by atoms with Crippen LogP contribution in [-0.2, 0) is 4.74 Å². The minimum atomic E-state index is 0.130. The molecule has 142 valence electrons. The van der Waals surface area contributed by atoms with Gasteiger partial charge in [0.2, 0.25) is 0 Å². The lowest BCUT2D eigenvalue weighted by atomic mass is 10.2. The standard InChI is InChI=1S/C17H21IN8O/c1-11(2)26-3-4-27-13(10-26)8-21-14-5-15(24-25-17(14)18)23-16-9-20-12(6-19)7-22-16/h5,7,9,11,13H,3-4,8,10H2,1-2H3,(H2,21,22,23,24)/t13-/m1/s1. The van der Waals surface area contributed by atoms with E-state index in [1.54, 1.807) is 0 Å². The summed E-state index contributed by atoms with van der Waals surface area (Å²) < 4.78 is 6.64. The summed E-state index contributed by atoms with van der Waals surface area (Å²) in [5, 5.41) is 23.5. The molecule has 0 amide bonds. The third-order valence-electron chi connectivity index (χ3n) is 4.19. The maximum Gasteiger partial charge on any atom is 0.158 e. The fourth-order valence-electron chi connectivity index (χ4n) is 2.70. The first-order chi connectivity index (χ1) is 13.0. The third-order valence-corrected chi connectivity index (χ3v) is 4.99. The second kappa shape index (κ2) is 9.20. The van der Waals surface area contributed by atoms with Gasteiger partial charge in [-0.1, -0.05) is 0 Å². The van der Waals surface area contributed by atoms with E-state index in [1.165, 1.54) is 12.4 Å². The van der Waals surface area contributed by atoms with Gasteiger partial charge in [0.15, 0.2) is 11.5 Å². The molecule has 2 N–H and O–H groups in total. The minimum absolute atomic E-state index is 0.130. The molecule has 3 rings (SSSR count). The first-order valence-electron chi connectivity index (χ1n) is 8.67. The number of rotatable bonds is 6. The van der Waals surface area contributed by atoms with E-state index < -0.39 is 0 Å². The topological polar surface area (TPSA) is 112 Å². The summed E-state index contributed by atoms with van der Waals surface area (Å²) in [5.74, 6) is 1.05. The largest absolute Gasteiger partial charge is 0.380 e. The zero-order valence-corrected chi connectivity index (χ0v) is 17.3. The van der Waals surface area contributed by atoms with Crippen LogP contribution in [0.1, 0.15) is 19.5 Å². The van der Waals surface area contributed by atoms with Crippen molar-refractivity contribution >= 4 is 39.9 Å². The SMILES string of the molecule is CC(C)N1CCO[C@H](CNc2cc(Nc3cnc(C#N)cn3)nnc2I)C1. The van der Waals surface area contributed by atoms with Gasteiger partial charge >= 0.3 is 0 Å². The van der Waals surface area contributed by atoms with Gasteiger partial charge in [-0.3, -0.25) is 4.90 Å². The smallest absolute Gasteiger partial charge is 0.158 e. The number of nitrogens with zero attached hydrogens (tertiary/aromatic N) is 6.